The summed E-state index contributed by atoms with van der Waals surface area (Å²) in [6, 6.07) is 5.21. The van der Waals surface area contributed by atoms with E-state index in [0.29, 0.717) is 29.7 Å². The molecule has 0 unspecified atom stereocenters. The van der Waals surface area contributed by atoms with Crippen LogP contribution in [0.5, 0.6) is 0 Å². The molecule has 0 aromatic heterocycles. The molecule has 0 heterocycles. The first-order valence-corrected chi connectivity index (χ1v) is 7.54. The Kier molecular flexibility index (Phi) is 6.99. The second kappa shape index (κ2) is 8.25. The smallest absolute Gasteiger partial charge is 0.225 e. The molecule has 1 N–H and O–H groups in total. The Morgan fingerprint density at radius 3 is 2.48 bits per heavy atom. The Hall–Kier alpha value is -1.26. The molecule has 0 radical (unpaired) electrons. The molecular formula is C15H20Cl2N2O2. The van der Waals surface area contributed by atoms with Crippen LogP contribution in [0, 0.1) is 5.92 Å². The Morgan fingerprint density at radius 2 is 1.95 bits per heavy atom. The van der Waals surface area contributed by atoms with Gasteiger partial charge in [-0.25, -0.2) is 0 Å². The third-order valence-electron chi connectivity index (χ3n) is 2.94. The lowest BCUT2D eigenvalue weighted by Gasteiger charge is -2.25. The van der Waals surface area contributed by atoms with E-state index in [2.05, 4.69) is 5.32 Å². The van der Waals surface area contributed by atoms with Crippen molar-refractivity contribution in [2.24, 2.45) is 5.92 Å². The van der Waals surface area contributed by atoms with E-state index < -0.39 is 0 Å². The summed E-state index contributed by atoms with van der Waals surface area (Å²) in [6.07, 6.45) is 0. The van der Waals surface area contributed by atoms with Gasteiger partial charge in [-0.2, -0.15) is 0 Å². The Balaban J connectivity index is 2.80. The molecule has 0 aliphatic rings. The SMILES string of the molecule is CC(=O)NCCN(Cc1ccc(Cl)cc1Cl)C(=O)C(C)C. The van der Waals surface area contributed by atoms with Crippen LogP contribution in [0.4, 0.5) is 0 Å². The average molecular weight is 331 g/mol. The van der Waals surface area contributed by atoms with Crippen molar-refractivity contribution in [3.63, 3.8) is 0 Å². The monoisotopic (exact) mass is 330 g/mol. The van der Waals surface area contributed by atoms with Crippen molar-refractivity contribution in [3.8, 4) is 0 Å². The highest BCUT2D eigenvalue weighted by Crippen LogP contribution is 2.22. The first-order chi connectivity index (χ1) is 9.81. The van der Waals surface area contributed by atoms with Crippen LogP contribution in [-0.2, 0) is 16.1 Å². The fourth-order valence-corrected chi connectivity index (χ4v) is 2.32. The molecule has 6 heteroatoms. The highest BCUT2D eigenvalue weighted by atomic mass is 35.5. The van der Waals surface area contributed by atoms with Crippen LogP contribution in [0.2, 0.25) is 10.0 Å². The average Bonchev–Trinajstić information content (AvgIpc) is 2.38. The summed E-state index contributed by atoms with van der Waals surface area (Å²) in [5.74, 6) is -0.212. The number of carbonyl (C=O) groups is 2. The summed E-state index contributed by atoms with van der Waals surface area (Å²) in [4.78, 5) is 24.9. The van der Waals surface area contributed by atoms with Crippen molar-refractivity contribution >= 4 is 35.0 Å². The van der Waals surface area contributed by atoms with E-state index >= 15 is 0 Å². The number of carbonyl (C=O) groups excluding carboxylic acids is 2. The molecule has 1 aromatic carbocycles. The molecule has 0 spiro atoms. The summed E-state index contributed by atoms with van der Waals surface area (Å²) in [5, 5.41) is 3.78. The van der Waals surface area contributed by atoms with Gasteiger partial charge in [0, 0.05) is 42.5 Å². The number of nitrogens with zero attached hydrogens (tertiary/aromatic N) is 1. The van der Waals surface area contributed by atoms with Crippen molar-refractivity contribution in [1.82, 2.24) is 10.2 Å². The fraction of sp³-hybridized carbons (Fsp3) is 0.467. The first-order valence-electron chi connectivity index (χ1n) is 6.78. The van der Waals surface area contributed by atoms with E-state index in [4.69, 9.17) is 23.2 Å². The normalized spacial score (nSPS) is 10.6. The van der Waals surface area contributed by atoms with Gasteiger partial charge in [-0.1, -0.05) is 43.1 Å². The zero-order chi connectivity index (χ0) is 16.0. The third kappa shape index (κ3) is 5.94. The molecule has 2 amide bonds. The van der Waals surface area contributed by atoms with Gasteiger partial charge in [0.2, 0.25) is 11.8 Å². The maximum Gasteiger partial charge on any atom is 0.225 e. The second-order valence-corrected chi connectivity index (χ2v) is 5.98. The van der Waals surface area contributed by atoms with Crippen molar-refractivity contribution in [1.29, 1.82) is 0 Å². The summed E-state index contributed by atoms with van der Waals surface area (Å²) in [5.41, 5.74) is 0.831. The lowest BCUT2D eigenvalue weighted by Crippen LogP contribution is -2.39. The minimum Gasteiger partial charge on any atom is -0.355 e. The first kappa shape index (κ1) is 17.8. The number of hydrogen-bond donors (Lipinski definition) is 1. The standard InChI is InChI=1S/C15H20Cl2N2O2/c1-10(2)15(21)19(7-6-18-11(3)20)9-12-4-5-13(16)8-14(12)17/h4-5,8,10H,6-7,9H2,1-3H3,(H,18,20). The number of benzene rings is 1. The van der Waals surface area contributed by atoms with E-state index in [1.54, 1.807) is 17.0 Å². The van der Waals surface area contributed by atoms with Gasteiger partial charge >= 0.3 is 0 Å². The van der Waals surface area contributed by atoms with Crippen LogP contribution in [0.15, 0.2) is 18.2 Å². The molecule has 1 rings (SSSR count). The van der Waals surface area contributed by atoms with Crippen LogP contribution in [0.25, 0.3) is 0 Å². The third-order valence-corrected chi connectivity index (χ3v) is 3.52. The van der Waals surface area contributed by atoms with E-state index in [0.717, 1.165) is 5.56 Å². The molecular weight excluding hydrogens is 311 g/mol. The van der Waals surface area contributed by atoms with Gasteiger partial charge in [0.15, 0.2) is 0 Å². The molecule has 1 aromatic rings. The van der Waals surface area contributed by atoms with E-state index in [1.807, 2.05) is 19.9 Å². The lowest BCUT2D eigenvalue weighted by atomic mass is 10.1. The van der Waals surface area contributed by atoms with E-state index in [1.165, 1.54) is 6.92 Å². The van der Waals surface area contributed by atoms with Crippen LogP contribution in [0.3, 0.4) is 0 Å². The van der Waals surface area contributed by atoms with E-state index in [9.17, 15) is 9.59 Å². The predicted octanol–water partition coefficient (Wildman–Crippen LogP) is 3.11. The number of hydrogen-bond acceptors (Lipinski definition) is 2. The summed E-state index contributed by atoms with van der Waals surface area (Å²) in [6.45, 7) is 6.39. The quantitative estimate of drug-likeness (QED) is 0.871. The maximum atomic E-state index is 12.2. The largest absolute Gasteiger partial charge is 0.355 e. The van der Waals surface area contributed by atoms with Crippen molar-refractivity contribution in [2.75, 3.05) is 13.1 Å². The fourth-order valence-electron chi connectivity index (χ4n) is 1.85. The molecule has 116 valence electrons. The van der Waals surface area contributed by atoms with Gasteiger partial charge in [0.1, 0.15) is 0 Å². The molecule has 0 saturated heterocycles. The second-order valence-electron chi connectivity index (χ2n) is 5.13. The zero-order valence-electron chi connectivity index (χ0n) is 12.5. The molecule has 4 nitrogen and oxygen atoms in total. The van der Waals surface area contributed by atoms with Gasteiger partial charge in [0.05, 0.1) is 0 Å². The molecule has 0 aliphatic carbocycles. The van der Waals surface area contributed by atoms with Gasteiger partial charge in [-0.05, 0) is 17.7 Å². The van der Waals surface area contributed by atoms with E-state index in [-0.39, 0.29) is 17.7 Å². The molecule has 0 atom stereocenters. The number of rotatable bonds is 6. The molecule has 0 fully saturated rings. The van der Waals surface area contributed by atoms with Gasteiger partial charge in [-0.15, -0.1) is 0 Å². The predicted molar refractivity (Wildman–Crippen MR) is 85.4 cm³/mol. The highest BCUT2D eigenvalue weighted by Gasteiger charge is 2.18. The van der Waals surface area contributed by atoms with Crippen LogP contribution in [0.1, 0.15) is 26.3 Å². The van der Waals surface area contributed by atoms with Gasteiger partial charge in [-0.3, -0.25) is 9.59 Å². The van der Waals surface area contributed by atoms with Crippen molar-refractivity contribution in [2.45, 2.75) is 27.3 Å². The summed E-state index contributed by atoms with van der Waals surface area (Å²) in [7, 11) is 0. The topological polar surface area (TPSA) is 49.4 Å². The molecule has 0 bridgehead atoms. The van der Waals surface area contributed by atoms with Crippen LogP contribution >= 0.6 is 23.2 Å². The zero-order valence-corrected chi connectivity index (χ0v) is 14.0. The Labute approximate surface area is 135 Å². The molecule has 0 aliphatic heterocycles. The Bertz CT molecular complexity index is 518. The maximum absolute atomic E-state index is 12.2. The van der Waals surface area contributed by atoms with Crippen molar-refractivity contribution in [3.05, 3.63) is 33.8 Å². The van der Waals surface area contributed by atoms with Gasteiger partial charge < -0.3 is 10.2 Å². The number of nitrogens with one attached hydrogen (secondary N) is 1. The van der Waals surface area contributed by atoms with Crippen LogP contribution in [-0.4, -0.2) is 29.8 Å². The highest BCUT2D eigenvalue weighted by molar-refractivity contribution is 6.35. The van der Waals surface area contributed by atoms with Crippen molar-refractivity contribution < 1.29 is 9.59 Å². The molecule has 0 saturated carbocycles. The number of halogens is 2. The summed E-state index contributed by atoms with van der Waals surface area (Å²) < 4.78 is 0. The minimum absolute atomic E-state index is 0.0198. The van der Waals surface area contributed by atoms with Gasteiger partial charge in [0.25, 0.3) is 0 Å². The Morgan fingerprint density at radius 1 is 1.29 bits per heavy atom. The minimum atomic E-state index is -0.117. The molecule has 21 heavy (non-hydrogen) atoms. The van der Waals surface area contributed by atoms with Crippen LogP contribution < -0.4 is 5.32 Å². The summed E-state index contributed by atoms with van der Waals surface area (Å²) >= 11 is 12.0. The number of amides is 2. The lowest BCUT2D eigenvalue weighted by molar-refractivity contribution is -0.135.